The molecule has 2 bridgehead atoms. The van der Waals surface area contributed by atoms with Crippen LogP contribution >= 0.6 is 0 Å². The first-order valence-electron chi connectivity index (χ1n) is 9.02. The summed E-state index contributed by atoms with van der Waals surface area (Å²) in [7, 11) is 0. The third-order valence-corrected chi connectivity index (χ3v) is 6.39. The molecule has 1 N–H and O–H groups in total. The van der Waals surface area contributed by atoms with Gasteiger partial charge in [-0.3, -0.25) is 0 Å². The van der Waals surface area contributed by atoms with Gasteiger partial charge < -0.3 is 9.84 Å². The van der Waals surface area contributed by atoms with Gasteiger partial charge in [0.1, 0.15) is 0 Å². The molecule has 124 valence electrons. The molecule has 0 amide bonds. The second-order valence-corrected chi connectivity index (χ2v) is 8.45. The Hall–Kier alpha value is -0.600. The fourth-order valence-electron chi connectivity index (χ4n) is 5.20. The van der Waals surface area contributed by atoms with Crippen LogP contribution in [0.2, 0.25) is 0 Å². The number of hydrogen-bond donors (Lipinski definition) is 1. The largest absolute Gasteiger partial charge is 0.387 e. The number of ether oxygens (including phenoxy) is 1. The van der Waals surface area contributed by atoms with E-state index in [4.69, 9.17) is 4.74 Å². The molecule has 2 nitrogen and oxygen atoms in total. The van der Waals surface area contributed by atoms with Crippen molar-refractivity contribution in [3.8, 4) is 0 Å². The highest BCUT2D eigenvalue weighted by Crippen LogP contribution is 2.54. The fourth-order valence-corrected chi connectivity index (χ4v) is 5.20. The van der Waals surface area contributed by atoms with Crippen LogP contribution in [-0.2, 0) is 4.74 Å². The van der Waals surface area contributed by atoms with Crippen molar-refractivity contribution in [1.29, 1.82) is 0 Å². The predicted octanol–water partition coefficient (Wildman–Crippen LogP) is 4.49. The lowest BCUT2D eigenvalue weighted by atomic mass is 9.61. The SMILES string of the molecule is C=C1CC[C@H](C(C)C)[C@@H]2[C@H]1[C@H]1C/C(C)=C/CC[C@@](C)(O)[C@@H]2O1. The highest BCUT2D eigenvalue weighted by atomic mass is 16.5. The summed E-state index contributed by atoms with van der Waals surface area (Å²) in [5, 5.41) is 11.1. The van der Waals surface area contributed by atoms with E-state index in [2.05, 4.69) is 33.4 Å². The minimum atomic E-state index is -0.733. The zero-order chi connectivity index (χ0) is 16.1. The topological polar surface area (TPSA) is 29.5 Å². The van der Waals surface area contributed by atoms with E-state index in [0.717, 1.165) is 25.7 Å². The quantitative estimate of drug-likeness (QED) is 0.723. The molecule has 1 saturated heterocycles. The molecule has 2 fully saturated rings. The van der Waals surface area contributed by atoms with Crippen molar-refractivity contribution in [3.63, 3.8) is 0 Å². The van der Waals surface area contributed by atoms with Crippen LogP contribution in [0, 0.1) is 23.7 Å². The van der Waals surface area contributed by atoms with Crippen LogP contribution in [0.15, 0.2) is 23.8 Å². The number of rotatable bonds is 1. The summed E-state index contributed by atoms with van der Waals surface area (Å²) < 4.78 is 6.51. The predicted molar refractivity (Wildman–Crippen MR) is 90.6 cm³/mol. The zero-order valence-electron chi connectivity index (χ0n) is 14.6. The minimum Gasteiger partial charge on any atom is -0.387 e. The first kappa shape index (κ1) is 16.3. The number of fused-ring (bicyclic) bond motifs is 5. The van der Waals surface area contributed by atoms with Gasteiger partial charge in [-0.2, -0.15) is 0 Å². The highest BCUT2D eigenvalue weighted by molar-refractivity contribution is 5.20. The van der Waals surface area contributed by atoms with Crippen LogP contribution in [0.25, 0.3) is 0 Å². The van der Waals surface area contributed by atoms with Crippen LogP contribution < -0.4 is 0 Å². The molecule has 1 saturated carbocycles. The molecule has 3 aliphatic rings. The highest BCUT2D eigenvalue weighted by Gasteiger charge is 2.56. The van der Waals surface area contributed by atoms with Crippen LogP contribution in [0.5, 0.6) is 0 Å². The third-order valence-electron chi connectivity index (χ3n) is 6.39. The van der Waals surface area contributed by atoms with Crippen molar-refractivity contribution < 1.29 is 9.84 Å². The molecule has 0 radical (unpaired) electrons. The third kappa shape index (κ3) is 2.69. The van der Waals surface area contributed by atoms with Gasteiger partial charge in [-0.05, 0) is 63.7 Å². The van der Waals surface area contributed by atoms with Gasteiger partial charge in [0.15, 0.2) is 0 Å². The standard InChI is InChI=1S/C20H32O2/c1-12(2)15-9-8-14(4)17-16-11-13(3)7-6-10-20(5,21)19(22-16)18(15)17/h7,12,15-19,21H,4,6,8-11H2,1-3,5H3/b13-7+/t15-,16-,17-,18-,19-,20-/m1/s1. The molecule has 0 aromatic heterocycles. The van der Waals surface area contributed by atoms with Gasteiger partial charge in [0.05, 0.1) is 17.8 Å². The summed E-state index contributed by atoms with van der Waals surface area (Å²) in [6.07, 6.45) is 7.54. The van der Waals surface area contributed by atoms with E-state index >= 15 is 0 Å². The van der Waals surface area contributed by atoms with E-state index in [0.29, 0.717) is 23.7 Å². The summed E-state index contributed by atoms with van der Waals surface area (Å²) in [6.45, 7) is 13.2. The Morgan fingerprint density at radius 1 is 1.41 bits per heavy atom. The van der Waals surface area contributed by atoms with Gasteiger partial charge in [-0.1, -0.05) is 37.6 Å². The van der Waals surface area contributed by atoms with E-state index in [9.17, 15) is 5.11 Å². The Bertz CT molecular complexity index is 474. The van der Waals surface area contributed by atoms with Crippen molar-refractivity contribution in [2.45, 2.75) is 77.6 Å². The molecule has 0 spiro atoms. The summed E-state index contributed by atoms with van der Waals surface area (Å²) in [6, 6.07) is 0. The molecule has 2 heteroatoms. The van der Waals surface area contributed by atoms with E-state index in [1.807, 2.05) is 6.92 Å². The van der Waals surface area contributed by atoms with Crippen LogP contribution in [0.3, 0.4) is 0 Å². The lowest BCUT2D eigenvalue weighted by molar-refractivity contribution is -0.116. The Balaban J connectivity index is 2.02. The van der Waals surface area contributed by atoms with Gasteiger partial charge in [0.25, 0.3) is 0 Å². The van der Waals surface area contributed by atoms with Crippen molar-refractivity contribution >= 4 is 0 Å². The Morgan fingerprint density at radius 3 is 2.82 bits per heavy atom. The van der Waals surface area contributed by atoms with Crippen molar-refractivity contribution in [3.05, 3.63) is 23.8 Å². The summed E-state index contributed by atoms with van der Waals surface area (Å²) >= 11 is 0. The Labute approximate surface area is 135 Å². The van der Waals surface area contributed by atoms with E-state index in [-0.39, 0.29) is 12.2 Å². The summed E-state index contributed by atoms with van der Waals surface area (Å²) in [5.74, 6) is 2.15. The minimum absolute atomic E-state index is 0.0359. The van der Waals surface area contributed by atoms with Crippen molar-refractivity contribution in [2.24, 2.45) is 23.7 Å². The van der Waals surface area contributed by atoms with E-state index in [1.54, 1.807) is 0 Å². The van der Waals surface area contributed by atoms with Crippen LogP contribution in [-0.4, -0.2) is 22.9 Å². The number of allylic oxidation sites excluding steroid dienone is 1. The molecule has 0 unspecified atom stereocenters. The summed E-state index contributed by atoms with van der Waals surface area (Å²) in [4.78, 5) is 0. The smallest absolute Gasteiger partial charge is 0.0901 e. The molecule has 2 heterocycles. The molecule has 6 atom stereocenters. The fraction of sp³-hybridized carbons (Fsp3) is 0.800. The molecule has 0 aromatic rings. The second kappa shape index (κ2) is 5.79. The molecule has 3 rings (SSSR count). The van der Waals surface area contributed by atoms with Gasteiger partial charge in [0, 0.05) is 5.92 Å². The average Bonchev–Trinajstić information content (AvgIpc) is 2.80. The maximum Gasteiger partial charge on any atom is 0.0901 e. The van der Waals surface area contributed by atoms with Crippen molar-refractivity contribution in [2.75, 3.05) is 0 Å². The maximum absolute atomic E-state index is 11.1. The average molecular weight is 304 g/mol. The zero-order valence-corrected chi connectivity index (χ0v) is 14.6. The van der Waals surface area contributed by atoms with Crippen LogP contribution in [0.1, 0.15) is 59.8 Å². The monoisotopic (exact) mass is 304 g/mol. The van der Waals surface area contributed by atoms with Gasteiger partial charge in [-0.25, -0.2) is 0 Å². The Morgan fingerprint density at radius 2 is 2.14 bits per heavy atom. The number of hydrogen-bond acceptors (Lipinski definition) is 2. The van der Waals surface area contributed by atoms with Gasteiger partial charge in [0.2, 0.25) is 0 Å². The lowest BCUT2D eigenvalue weighted by Crippen LogP contribution is -2.48. The summed E-state index contributed by atoms with van der Waals surface area (Å²) in [5.41, 5.74) is 2.03. The maximum atomic E-state index is 11.1. The molecule has 2 aliphatic heterocycles. The normalized spacial score (nSPS) is 48.2. The number of aliphatic hydroxyl groups is 1. The van der Waals surface area contributed by atoms with Gasteiger partial charge >= 0.3 is 0 Å². The molecule has 22 heavy (non-hydrogen) atoms. The Kier molecular flexibility index (Phi) is 4.28. The first-order valence-corrected chi connectivity index (χ1v) is 9.02. The lowest BCUT2D eigenvalue weighted by Gasteiger charge is -2.43. The molecular formula is C20H32O2. The van der Waals surface area contributed by atoms with Crippen molar-refractivity contribution in [1.82, 2.24) is 0 Å². The molecular weight excluding hydrogens is 272 g/mol. The first-order chi connectivity index (χ1) is 10.3. The molecule has 0 aromatic carbocycles. The van der Waals surface area contributed by atoms with E-state index < -0.39 is 5.60 Å². The van der Waals surface area contributed by atoms with E-state index in [1.165, 1.54) is 17.6 Å². The van der Waals surface area contributed by atoms with Crippen LogP contribution in [0.4, 0.5) is 0 Å². The van der Waals surface area contributed by atoms with Gasteiger partial charge in [-0.15, -0.1) is 0 Å². The second-order valence-electron chi connectivity index (χ2n) is 8.45. The molecule has 1 aliphatic carbocycles.